The van der Waals surface area contributed by atoms with Crippen LogP contribution in [0.5, 0.6) is 23.0 Å². The third-order valence-electron chi connectivity index (χ3n) is 3.38. The van der Waals surface area contributed by atoms with Gasteiger partial charge in [0.2, 0.25) is 6.79 Å². The van der Waals surface area contributed by atoms with Gasteiger partial charge in [0, 0.05) is 11.6 Å². The fourth-order valence-electron chi connectivity index (χ4n) is 2.25. The number of methoxy groups -OCH3 is 1. The first-order chi connectivity index (χ1) is 10.8. The van der Waals surface area contributed by atoms with Gasteiger partial charge in [-0.15, -0.1) is 0 Å². The van der Waals surface area contributed by atoms with Gasteiger partial charge in [-0.1, -0.05) is 24.3 Å². The van der Waals surface area contributed by atoms with Gasteiger partial charge in [0.1, 0.15) is 11.5 Å². The maximum atomic E-state index is 5.68. The summed E-state index contributed by atoms with van der Waals surface area (Å²) in [5.74, 6) is 3.11. The molecule has 1 aliphatic heterocycles. The maximum Gasteiger partial charge on any atom is 0.231 e. The number of fused-ring (bicyclic) bond motifs is 1. The highest BCUT2D eigenvalue weighted by Gasteiger charge is 2.16. The van der Waals surface area contributed by atoms with Crippen LogP contribution >= 0.6 is 0 Å². The highest BCUT2D eigenvalue weighted by Crippen LogP contribution is 2.38. The summed E-state index contributed by atoms with van der Waals surface area (Å²) in [5.41, 5.74) is 2.04. The van der Waals surface area contributed by atoms with Crippen LogP contribution in [-0.2, 0) is 0 Å². The van der Waals surface area contributed by atoms with Crippen molar-refractivity contribution in [3.63, 3.8) is 0 Å². The molecular formula is C18H18O4. The summed E-state index contributed by atoms with van der Waals surface area (Å²) in [4.78, 5) is 0. The van der Waals surface area contributed by atoms with E-state index >= 15 is 0 Å². The van der Waals surface area contributed by atoms with Gasteiger partial charge in [0.05, 0.1) is 13.7 Å². The zero-order chi connectivity index (χ0) is 15.4. The number of ether oxygens (including phenoxy) is 4. The fourth-order valence-corrected chi connectivity index (χ4v) is 2.25. The molecule has 0 radical (unpaired) electrons. The van der Waals surface area contributed by atoms with Crippen molar-refractivity contribution in [2.75, 3.05) is 20.5 Å². The van der Waals surface area contributed by atoms with Gasteiger partial charge in [0.25, 0.3) is 0 Å². The Kier molecular flexibility index (Phi) is 4.19. The summed E-state index contributed by atoms with van der Waals surface area (Å²) in [6.07, 6.45) is 4.04. The van der Waals surface area contributed by atoms with Gasteiger partial charge in [-0.05, 0) is 30.7 Å². The van der Waals surface area contributed by atoms with Crippen LogP contribution in [0.3, 0.4) is 0 Å². The van der Waals surface area contributed by atoms with Crippen molar-refractivity contribution >= 4 is 12.2 Å². The lowest BCUT2D eigenvalue weighted by Crippen LogP contribution is -1.94. The predicted octanol–water partition coefficient (Wildman–Crippen LogP) is 3.99. The molecule has 0 N–H and O–H groups in total. The van der Waals surface area contributed by atoms with E-state index in [9.17, 15) is 0 Å². The number of benzene rings is 2. The zero-order valence-corrected chi connectivity index (χ0v) is 12.7. The average Bonchev–Trinajstić information content (AvgIpc) is 3.00. The van der Waals surface area contributed by atoms with Gasteiger partial charge in [0.15, 0.2) is 11.5 Å². The second-order valence-electron chi connectivity index (χ2n) is 4.78. The second-order valence-corrected chi connectivity index (χ2v) is 4.78. The van der Waals surface area contributed by atoms with Crippen LogP contribution in [0.25, 0.3) is 12.2 Å². The van der Waals surface area contributed by atoms with Crippen LogP contribution in [0, 0.1) is 0 Å². The molecular weight excluding hydrogens is 280 g/mol. The Morgan fingerprint density at radius 1 is 1.05 bits per heavy atom. The monoisotopic (exact) mass is 298 g/mol. The van der Waals surface area contributed by atoms with Crippen LogP contribution in [0.2, 0.25) is 0 Å². The molecule has 114 valence electrons. The van der Waals surface area contributed by atoms with Crippen molar-refractivity contribution in [3.05, 3.63) is 47.5 Å². The molecule has 0 amide bonds. The largest absolute Gasteiger partial charge is 0.497 e. The molecule has 2 aromatic rings. The lowest BCUT2D eigenvalue weighted by atomic mass is 10.1. The van der Waals surface area contributed by atoms with Crippen LogP contribution in [0.15, 0.2) is 36.4 Å². The topological polar surface area (TPSA) is 36.9 Å². The van der Waals surface area contributed by atoms with Crippen molar-refractivity contribution in [1.82, 2.24) is 0 Å². The van der Waals surface area contributed by atoms with Crippen molar-refractivity contribution in [2.24, 2.45) is 0 Å². The van der Waals surface area contributed by atoms with E-state index in [0.29, 0.717) is 6.61 Å². The predicted molar refractivity (Wildman–Crippen MR) is 85.7 cm³/mol. The van der Waals surface area contributed by atoms with E-state index in [1.54, 1.807) is 7.11 Å². The summed E-state index contributed by atoms with van der Waals surface area (Å²) < 4.78 is 21.7. The van der Waals surface area contributed by atoms with Crippen LogP contribution < -0.4 is 18.9 Å². The van der Waals surface area contributed by atoms with Crippen LogP contribution in [0.4, 0.5) is 0 Å². The molecule has 0 saturated heterocycles. The highest BCUT2D eigenvalue weighted by molar-refractivity contribution is 5.74. The molecule has 0 spiro atoms. The van der Waals surface area contributed by atoms with E-state index in [1.165, 1.54) is 0 Å². The number of rotatable bonds is 5. The minimum Gasteiger partial charge on any atom is -0.497 e. The van der Waals surface area contributed by atoms with Crippen LogP contribution in [-0.4, -0.2) is 20.5 Å². The molecule has 0 unspecified atom stereocenters. The van der Waals surface area contributed by atoms with Gasteiger partial charge in [-0.25, -0.2) is 0 Å². The number of hydrogen-bond acceptors (Lipinski definition) is 4. The molecule has 4 heteroatoms. The van der Waals surface area contributed by atoms with Crippen LogP contribution in [0.1, 0.15) is 18.1 Å². The van der Waals surface area contributed by atoms with Crippen molar-refractivity contribution in [1.29, 1.82) is 0 Å². The molecule has 0 fully saturated rings. The summed E-state index contributed by atoms with van der Waals surface area (Å²) in [5, 5.41) is 0. The normalized spacial score (nSPS) is 12.6. The molecule has 0 atom stereocenters. The molecule has 3 rings (SSSR count). The zero-order valence-electron chi connectivity index (χ0n) is 12.7. The lowest BCUT2D eigenvalue weighted by Gasteiger charge is -2.08. The number of hydrogen-bond donors (Lipinski definition) is 0. The molecule has 0 aliphatic carbocycles. The summed E-state index contributed by atoms with van der Waals surface area (Å²) in [6.45, 7) is 2.82. The first-order valence-electron chi connectivity index (χ1n) is 7.18. The minimum atomic E-state index is 0.256. The Bertz CT molecular complexity index is 674. The molecule has 2 aromatic carbocycles. The van der Waals surface area contributed by atoms with Gasteiger partial charge in [-0.3, -0.25) is 0 Å². The van der Waals surface area contributed by atoms with E-state index in [1.807, 2.05) is 55.5 Å². The van der Waals surface area contributed by atoms with E-state index < -0.39 is 0 Å². The van der Waals surface area contributed by atoms with Crippen molar-refractivity contribution < 1.29 is 18.9 Å². The van der Waals surface area contributed by atoms with Crippen molar-refractivity contribution in [3.8, 4) is 23.0 Å². The molecule has 0 saturated carbocycles. The Hall–Kier alpha value is -2.62. The minimum absolute atomic E-state index is 0.256. The van der Waals surface area contributed by atoms with Crippen molar-refractivity contribution in [2.45, 2.75) is 6.92 Å². The van der Waals surface area contributed by atoms with E-state index in [2.05, 4.69) is 0 Å². The second kappa shape index (κ2) is 6.43. The Labute approximate surface area is 129 Å². The molecule has 0 bridgehead atoms. The van der Waals surface area contributed by atoms with E-state index in [0.717, 1.165) is 34.1 Å². The molecule has 1 aliphatic rings. The summed E-state index contributed by atoms with van der Waals surface area (Å²) in [7, 11) is 1.66. The Morgan fingerprint density at radius 3 is 2.45 bits per heavy atom. The molecule has 1 heterocycles. The smallest absolute Gasteiger partial charge is 0.231 e. The maximum absolute atomic E-state index is 5.68. The summed E-state index contributed by atoms with van der Waals surface area (Å²) >= 11 is 0. The van der Waals surface area contributed by atoms with Gasteiger partial charge < -0.3 is 18.9 Å². The molecule has 4 nitrogen and oxygen atoms in total. The molecule has 0 aromatic heterocycles. The van der Waals surface area contributed by atoms with E-state index in [4.69, 9.17) is 18.9 Å². The van der Waals surface area contributed by atoms with E-state index in [-0.39, 0.29) is 6.79 Å². The Balaban J connectivity index is 1.87. The van der Waals surface area contributed by atoms with Gasteiger partial charge in [-0.2, -0.15) is 0 Å². The first kappa shape index (κ1) is 14.3. The highest BCUT2D eigenvalue weighted by atomic mass is 16.7. The SMILES string of the molecule is CCOc1cc2c(cc1/C=C\c1ccc(OC)cc1)OCO2. The third-order valence-corrected chi connectivity index (χ3v) is 3.38. The molecule has 22 heavy (non-hydrogen) atoms. The standard InChI is InChI=1S/C18H18O4/c1-3-20-16-11-18-17(21-12-22-18)10-14(16)7-4-13-5-8-15(19-2)9-6-13/h4-11H,3,12H2,1-2H3/b7-4-. The fraction of sp³-hybridized carbons (Fsp3) is 0.222. The average molecular weight is 298 g/mol. The lowest BCUT2D eigenvalue weighted by molar-refractivity contribution is 0.174. The Morgan fingerprint density at radius 2 is 1.77 bits per heavy atom. The van der Waals surface area contributed by atoms with Gasteiger partial charge >= 0.3 is 0 Å². The first-order valence-corrected chi connectivity index (χ1v) is 7.18. The third kappa shape index (κ3) is 3.01. The summed E-state index contributed by atoms with van der Waals surface area (Å²) in [6, 6.07) is 11.7. The quantitative estimate of drug-likeness (QED) is 0.782.